The molecular formula is C9H8N2. The van der Waals surface area contributed by atoms with Gasteiger partial charge in [0, 0.05) is 18.1 Å². The lowest BCUT2D eigenvalue weighted by Gasteiger charge is -1.96. The highest BCUT2D eigenvalue weighted by atomic mass is 15.0. The Hall–Kier alpha value is -1.57. The molecule has 0 aromatic carbocycles. The van der Waals surface area contributed by atoms with Crippen molar-refractivity contribution in [3.8, 4) is 0 Å². The van der Waals surface area contributed by atoms with Gasteiger partial charge in [-0.15, -0.1) is 0 Å². The monoisotopic (exact) mass is 144 g/mol. The molecule has 0 amide bonds. The smallest absolute Gasteiger partial charge is 0.137 e. The van der Waals surface area contributed by atoms with E-state index in [1.54, 1.807) is 6.20 Å². The van der Waals surface area contributed by atoms with E-state index in [-0.39, 0.29) is 0 Å². The molecule has 2 rings (SSSR count). The van der Waals surface area contributed by atoms with Crippen molar-refractivity contribution >= 4 is 11.7 Å². The van der Waals surface area contributed by atoms with Gasteiger partial charge in [-0.05, 0) is 18.2 Å². The minimum Gasteiger partial charge on any atom is -0.300 e. The second-order valence-corrected chi connectivity index (χ2v) is 2.31. The van der Waals surface area contributed by atoms with Crippen LogP contribution in [-0.4, -0.2) is 9.38 Å². The van der Waals surface area contributed by atoms with Gasteiger partial charge in [0.1, 0.15) is 5.65 Å². The molecular weight excluding hydrogens is 136 g/mol. The molecule has 2 aromatic rings. The molecule has 2 heterocycles. The first kappa shape index (κ1) is 6.16. The van der Waals surface area contributed by atoms with Gasteiger partial charge in [0.2, 0.25) is 0 Å². The summed E-state index contributed by atoms with van der Waals surface area (Å²) in [6.45, 7) is 3.71. The van der Waals surface area contributed by atoms with Crippen LogP contribution in [0.1, 0.15) is 5.69 Å². The summed E-state index contributed by atoms with van der Waals surface area (Å²) in [5.74, 6) is 0. The molecule has 0 atom stereocenters. The summed E-state index contributed by atoms with van der Waals surface area (Å²) in [6, 6.07) is 5.94. The maximum atomic E-state index is 4.14. The minimum atomic E-state index is 0.961. The van der Waals surface area contributed by atoms with Gasteiger partial charge in [-0.3, -0.25) is 0 Å². The molecule has 2 aromatic heterocycles. The first-order chi connectivity index (χ1) is 5.42. The number of rotatable bonds is 1. The van der Waals surface area contributed by atoms with Crippen LogP contribution in [0.5, 0.6) is 0 Å². The van der Waals surface area contributed by atoms with E-state index in [1.165, 1.54) is 0 Å². The lowest BCUT2D eigenvalue weighted by Crippen LogP contribution is -1.87. The topological polar surface area (TPSA) is 17.3 Å². The highest BCUT2D eigenvalue weighted by molar-refractivity contribution is 5.50. The second-order valence-electron chi connectivity index (χ2n) is 2.31. The van der Waals surface area contributed by atoms with Crippen molar-refractivity contribution in [2.75, 3.05) is 0 Å². The summed E-state index contributed by atoms with van der Waals surface area (Å²) >= 11 is 0. The summed E-state index contributed by atoms with van der Waals surface area (Å²) in [7, 11) is 0. The van der Waals surface area contributed by atoms with Gasteiger partial charge in [-0.2, -0.15) is 0 Å². The quantitative estimate of drug-likeness (QED) is 0.598. The summed E-state index contributed by atoms with van der Waals surface area (Å²) in [4.78, 5) is 4.14. The van der Waals surface area contributed by atoms with Crippen molar-refractivity contribution in [3.63, 3.8) is 0 Å². The zero-order valence-corrected chi connectivity index (χ0v) is 6.07. The molecule has 0 aliphatic heterocycles. The Bertz CT molecular complexity index is 387. The maximum Gasteiger partial charge on any atom is 0.137 e. The fraction of sp³-hybridized carbons (Fsp3) is 0. The van der Waals surface area contributed by atoms with Crippen LogP contribution < -0.4 is 0 Å². The molecule has 2 nitrogen and oxygen atoms in total. The van der Waals surface area contributed by atoms with E-state index in [0.29, 0.717) is 0 Å². The van der Waals surface area contributed by atoms with E-state index in [1.807, 2.05) is 34.9 Å². The van der Waals surface area contributed by atoms with E-state index in [0.717, 1.165) is 11.3 Å². The van der Waals surface area contributed by atoms with Crippen molar-refractivity contribution in [3.05, 3.63) is 42.9 Å². The van der Waals surface area contributed by atoms with Crippen LogP contribution in [-0.2, 0) is 0 Å². The lowest BCUT2D eigenvalue weighted by molar-refractivity contribution is 1.16. The molecule has 11 heavy (non-hydrogen) atoms. The number of imidazole rings is 1. The van der Waals surface area contributed by atoms with Crippen LogP contribution in [0, 0.1) is 0 Å². The molecule has 0 radical (unpaired) electrons. The van der Waals surface area contributed by atoms with Gasteiger partial charge in [0.25, 0.3) is 0 Å². The number of aromatic nitrogens is 2. The third-order valence-corrected chi connectivity index (χ3v) is 1.67. The Balaban J connectivity index is 2.88. The Kier molecular flexibility index (Phi) is 1.25. The Morgan fingerprint density at radius 3 is 3.18 bits per heavy atom. The number of pyridine rings is 1. The largest absolute Gasteiger partial charge is 0.300 e. The zero-order valence-electron chi connectivity index (χ0n) is 6.07. The van der Waals surface area contributed by atoms with Crippen molar-refractivity contribution < 1.29 is 0 Å². The summed E-state index contributed by atoms with van der Waals surface area (Å²) in [5, 5.41) is 0. The van der Waals surface area contributed by atoms with Gasteiger partial charge in [-0.1, -0.05) is 12.6 Å². The van der Waals surface area contributed by atoms with Crippen molar-refractivity contribution in [2.45, 2.75) is 0 Å². The van der Waals surface area contributed by atoms with E-state index in [4.69, 9.17) is 0 Å². The second kappa shape index (κ2) is 2.23. The number of nitrogens with zero attached hydrogens (tertiary/aromatic N) is 2. The Morgan fingerprint density at radius 2 is 2.36 bits per heavy atom. The molecule has 0 aliphatic carbocycles. The van der Waals surface area contributed by atoms with Gasteiger partial charge in [0.15, 0.2) is 0 Å². The first-order valence-corrected chi connectivity index (χ1v) is 3.46. The lowest BCUT2D eigenvalue weighted by atomic mass is 10.3. The minimum absolute atomic E-state index is 0.961. The van der Waals surface area contributed by atoms with Crippen molar-refractivity contribution in [1.82, 2.24) is 9.38 Å². The molecule has 0 spiro atoms. The van der Waals surface area contributed by atoms with Gasteiger partial charge in [-0.25, -0.2) is 4.98 Å². The molecule has 2 heteroatoms. The van der Waals surface area contributed by atoms with Gasteiger partial charge >= 0.3 is 0 Å². The average molecular weight is 144 g/mol. The third kappa shape index (κ3) is 0.835. The van der Waals surface area contributed by atoms with Crippen LogP contribution >= 0.6 is 0 Å². The highest BCUT2D eigenvalue weighted by Crippen LogP contribution is 2.05. The molecule has 0 fully saturated rings. The van der Waals surface area contributed by atoms with Crippen LogP contribution in [0.4, 0.5) is 0 Å². The van der Waals surface area contributed by atoms with Gasteiger partial charge in [0.05, 0.1) is 0 Å². The fourth-order valence-corrected chi connectivity index (χ4v) is 1.14. The zero-order chi connectivity index (χ0) is 7.68. The normalized spacial score (nSPS) is 10.2. The fourth-order valence-electron chi connectivity index (χ4n) is 1.14. The maximum absolute atomic E-state index is 4.14. The number of fused-ring (bicyclic) bond motifs is 1. The van der Waals surface area contributed by atoms with E-state index < -0.39 is 0 Å². The molecule has 0 saturated carbocycles. The van der Waals surface area contributed by atoms with E-state index >= 15 is 0 Å². The van der Waals surface area contributed by atoms with Crippen LogP contribution in [0.3, 0.4) is 0 Å². The van der Waals surface area contributed by atoms with E-state index in [9.17, 15) is 0 Å². The molecule has 54 valence electrons. The first-order valence-electron chi connectivity index (χ1n) is 3.46. The summed E-state index contributed by atoms with van der Waals surface area (Å²) in [6.07, 6.45) is 5.52. The Morgan fingerprint density at radius 1 is 1.45 bits per heavy atom. The average Bonchev–Trinajstić information content (AvgIpc) is 2.50. The van der Waals surface area contributed by atoms with Crippen molar-refractivity contribution in [2.24, 2.45) is 0 Å². The molecule has 0 unspecified atom stereocenters. The molecule has 0 aliphatic rings. The standard InChI is InChI=1S/C9H8N2/c1-2-8-4-3-5-9-10-6-7-11(8)9/h2-7H,1H2. The third-order valence-electron chi connectivity index (χ3n) is 1.67. The summed E-state index contributed by atoms with van der Waals surface area (Å²) in [5.41, 5.74) is 2.03. The van der Waals surface area contributed by atoms with Crippen molar-refractivity contribution in [1.29, 1.82) is 0 Å². The molecule has 0 bridgehead atoms. The van der Waals surface area contributed by atoms with Crippen LogP contribution in [0.15, 0.2) is 37.2 Å². The predicted octanol–water partition coefficient (Wildman–Crippen LogP) is 1.98. The van der Waals surface area contributed by atoms with Gasteiger partial charge < -0.3 is 4.40 Å². The molecule has 0 saturated heterocycles. The SMILES string of the molecule is C=Cc1cccc2nccn12. The van der Waals surface area contributed by atoms with Crippen LogP contribution in [0.25, 0.3) is 11.7 Å². The predicted molar refractivity (Wildman–Crippen MR) is 45.3 cm³/mol. The highest BCUT2D eigenvalue weighted by Gasteiger charge is 1.93. The Labute approximate surface area is 64.8 Å². The number of hydrogen-bond acceptors (Lipinski definition) is 1. The number of hydrogen-bond donors (Lipinski definition) is 0. The summed E-state index contributed by atoms with van der Waals surface area (Å²) < 4.78 is 1.99. The van der Waals surface area contributed by atoms with Crippen LogP contribution in [0.2, 0.25) is 0 Å². The molecule has 0 N–H and O–H groups in total. The van der Waals surface area contributed by atoms with E-state index in [2.05, 4.69) is 11.6 Å².